The van der Waals surface area contributed by atoms with Gasteiger partial charge in [0.15, 0.2) is 0 Å². The lowest BCUT2D eigenvalue weighted by Crippen LogP contribution is -2.16. The highest BCUT2D eigenvalue weighted by atomic mass is 16.6. The third-order valence-corrected chi connectivity index (χ3v) is 5.27. The predicted molar refractivity (Wildman–Crippen MR) is 106 cm³/mol. The van der Waals surface area contributed by atoms with Crippen molar-refractivity contribution in [3.05, 3.63) is 51.7 Å². The van der Waals surface area contributed by atoms with Crippen LogP contribution < -0.4 is 0 Å². The average Bonchev–Trinajstić information content (AvgIpc) is 2.91. The van der Waals surface area contributed by atoms with E-state index in [2.05, 4.69) is 29.6 Å². The van der Waals surface area contributed by atoms with Gasteiger partial charge in [0.2, 0.25) is 0 Å². The first-order valence-corrected chi connectivity index (χ1v) is 9.67. The van der Waals surface area contributed by atoms with Gasteiger partial charge in [-0.25, -0.2) is 0 Å². The highest BCUT2D eigenvalue weighted by Crippen LogP contribution is 2.31. The van der Waals surface area contributed by atoms with Gasteiger partial charge in [-0.05, 0) is 82.1 Å². The Balaban J connectivity index is 1.96. The van der Waals surface area contributed by atoms with Crippen molar-refractivity contribution in [1.82, 2.24) is 9.47 Å². The third-order valence-electron chi connectivity index (χ3n) is 5.27. The summed E-state index contributed by atoms with van der Waals surface area (Å²) in [5.74, 6) is 0. The molecule has 0 fully saturated rings. The van der Waals surface area contributed by atoms with Crippen LogP contribution in [-0.4, -0.2) is 35.0 Å². The molecule has 0 N–H and O–H groups in total. The molecule has 1 aliphatic carbocycles. The van der Waals surface area contributed by atoms with E-state index < -0.39 is 0 Å². The van der Waals surface area contributed by atoms with E-state index in [1.54, 1.807) is 12.1 Å². The summed E-state index contributed by atoms with van der Waals surface area (Å²) in [6, 6.07) is 9.34. The fourth-order valence-electron chi connectivity index (χ4n) is 3.91. The summed E-state index contributed by atoms with van der Waals surface area (Å²) < 4.78 is 2.48. The van der Waals surface area contributed by atoms with Gasteiger partial charge in [0.1, 0.15) is 0 Å². The maximum Gasteiger partial charge on any atom is 0.269 e. The quantitative estimate of drug-likeness (QED) is 0.559. The summed E-state index contributed by atoms with van der Waals surface area (Å²) in [7, 11) is 4.22. The Bertz CT molecular complexity index is 747. The van der Waals surface area contributed by atoms with Crippen LogP contribution in [0.4, 0.5) is 5.69 Å². The maximum absolute atomic E-state index is 11.0. The van der Waals surface area contributed by atoms with E-state index in [0.29, 0.717) is 0 Å². The minimum Gasteiger partial charge on any atom is -0.344 e. The summed E-state index contributed by atoms with van der Waals surface area (Å²) in [6.45, 7) is 2.06. The molecule has 0 atom stereocenters. The molecule has 1 aromatic heterocycles. The highest BCUT2D eigenvalue weighted by molar-refractivity contribution is 5.64. The predicted octanol–water partition coefficient (Wildman–Crippen LogP) is 4.67. The number of non-ortho nitro benzene ring substituents is 1. The molecular formula is C21H29N3O2. The van der Waals surface area contributed by atoms with Crippen LogP contribution in [0, 0.1) is 10.1 Å². The molecule has 5 heteroatoms. The second-order valence-electron chi connectivity index (χ2n) is 7.53. The van der Waals surface area contributed by atoms with Gasteiger partial charge >= 0.3 is 0 Å². The summed E-state index contributed by atoms with van der Waals surface area (Å²) >= 11 is 0. The Kier molecular flexibility index (Phi) is 6.09. The second kappa shape index (κ2) is 8.49. The molecule has 1 aliphatic rings. The zero-order valence-electron chi connectivity index (χ0n) is 15.9. The lowest BCUT2D eigenvalue weighted by atomic mass is 9.98. The fraction of sp³-hybridized carbons (Fsp3) is 0.524. The molecule has 140 valence electrons. The largest absolute Gasteiger partial charge is 0.344 e. The van der Waals surface area contributed by atoms with Crippen LogP contribution in [0.15, 0.2) is 30.3 Å². The maximum atomic E-state index is 11.0. The molecule has 0 radical (unpaired) electrons. The van der Waals surface area contributed by atoms with Gasteiger partial charge in [0, 0.05) is 30.1 Å². The number of aryl methyl sites for hydroxylation is 1. The van der Waals surface area contributed by atoms with Crippen molar-refractivity contribution in [1.29, 1.82) is 0 Å². The van der Waals surface area contributed by atoms with E-state index in [9.17, 15) is 10.1 Å². The van der Waals surface area contributed by atoms with Gasteiger partial charge in [-0.15, -0.1) is 0 Å². The van der Waals surface area contributed by atoms with E-state index in [4.69, 9.17) is 0 Å². The summed E-state index contributed by atoms with van der Waals surface area (Å²) in [4.78, 5) is 12.8. The van der Waals surface area contributed by atoms with Crippen molar-refractivity contribution in [3.63, 3.8) is 0 Å². The fourth-order valence-corrected chi connectivity index (χ4v) is 3.91. The van der Waals surface area contributed by atoms with Gasteiger partial charge in [-0.3, -0.25) is 10.1 Å². The van der Waals surface area contributed by atoms with E-state index >= 15 is 0 Å². The third kappa shape index (κ3) is 4.33. The normalized spacial score (nSPS) is 14.7. The molecule has 3 rings (SSSR count). The number of nitro benzene ring substituents is 1. The summed E-state index contributed by atoms with van der Waals surface area (Å²) in [5, 5.41) is 11.0. The zero-order valence-corrected chi connectivity index (χ0v) is 15.9. The molecule has 0 amide bonds. The van der Waals surface area contributed by atoms with Crippen molar-refractivity contribution in [2.45, 2.75) is 51.5 Å². The van der Waals surface area contributed by atoms with Crippen LogP contribution in [0.2, 0.25) is 0 Å². The van der Waals surface area contributed by atoms with Crippen molar-refractivity contribution >= 4 is 5.69 Å². The molecule has 0 saturated heterocycles. The molecule has 26 heavy (non-hydrogen) atoms. The minimum atomic E-state index is -0.334. The lowest BCUT2D eigenvalue weighted by Gasteiger charge is -2.17. The molecule has 0 unspecified atom stereocenters. The molecule has 2 aromatic rings. The van der Waals surface area contributed by atoms with Crippen LogP contribution in [0.1, 0.15) is 43.4 Å². The first-order chi connectivity index (χ1) is 12.6. The van der Waals surface area contributed by atoms with Crippen LogP contribution in [0.25, 0.3) is 11.3 Å². The Morgan fingerprint density at radius 3 is 2.42 bits per heavy atom. The SMILES string of the molecule is CN(C)CCCn1c(-c2ccc([N+](=O)[O-])cc2)cc2c1CCCCCC2. The van der Waals surface area contributed by atoms with Crippen molar-refractivity contribution in [2.24, 2.45) is 0 Å². The van der Waals surface area contributed by atoms with E-state index in [1.165, 1.54) is 42.6 Å². The Morgan fingerprint density at radius 2 is 1.77 bits per heavy atom. The monoisotopic (exact) mass is 355 g/mol. The van der Waals surface area contributed by atoms with Crippen LogP contribution in [0.3, 0.4) is 0 Å². The van der Waals surface area contributed by atoms with Crippen LogP contribution >= 0.6 is 0 Å². The molecular weight excluding hydrogens is 326 g/mol. The number of benzene rings is 1. The van der Waals surface area contributed by atoms with Crippen molar-refractivity contribution < 1.29 is 4.92 Å². The topological polar surface area (TPSA) is 51.3 Å². The number of rotatable bonds is 6. The van der Waals surface area contributed by atoms with Crippen LogP contribution in [0.5, 0.6) is 0 Å². The minimum absolute atomic E-state index is 0.151. The number of aromatic nitrogens is 1. The number of nitrogens with zero attached hydrogens (tertiary/aromatic N) is 3. The van der Waals surface area contributed by atoms with Gasteiger partial charge in [0.05, 0.1) is 4.92 Å². The lowest BCUT2D eigenvalue weighted by molar-refractivity contribution is -0.384. The Hall–Kier alpha value is -2.14. The standard InChI is InChI=1S/C21H29N3O2/c1-22(2)14-7-15-23-20-9-6-4-3-5-8-18(20)16-21(23)17-10-12-19(13-11-17)24(25)26/h10-13,16H,3-9,14-15H2,1-2H3. The molecule has 0 aliphatic heterocycles. The van der Waals surface area contributed by atoms with Crippen LogP contribution in [-0.2, 0) is 19.4 Å². The number of hydrogen-bond donors (Lipinski definition) is 0. The average molecular weight is 355 g/mol. The molecule has 1 heterocycles. The second-order valence-corrected chi connectivity index (χ2v) is 7.53. The summed E-state index contributed by atoms with van der Waals surface area (Å²) in [6.07, 6.45) is 8.54. The first-order valence-electron chi connectivity index (χ1n) is 9.67. The molecule has 0 bridgehead atoms. The number of fused-ring (bicyclic) bond motifs is 1. The van der Waals surface area contributed by atoms with Gasteiger partial charge in [-0.1, -0.05) is 12.8 Å². The van der Waals surface area contributed by atoms with Crippen molar-refractivity contribution in [3.8, 4) is 11.3 Å². The number of hydrogen-bond acceptors (Lipinski definition) is 3. The number of nitro groups is 1. The van der Waals surface area contributed by atoms with E-state index in [0.717, 1.165) is 37.9 Å². The molecule has 0 spiro atoms. The Labute approximate surface area is 155 Å². The van der Waals surface area contributed by atoms with E-state index in [-0.39, 0.29) is 10.6 Å². The first kappa shape index (κ1) is 18.6. The zero-order chi connectivity index (χ0) is 18.5. The Morgan fingerprint density at radius 1 is 1.08 bits per heavy atom. The van der Waals surface area contributed by atoms with E-state index in [1.807, 2.05) is 12.1 Å². The van der Waals surface area contributed by atoms with Gasteiger partial charge < -0.3 is 9.47 Å². The smallest absolute Gasteiger partial charge is 0.269 e. The summed E-state index contributed by atoms with van der Waals surface area (Å²) in [5.41, 5.74) is 5.40. The van der Waals surface area contributed by atoms with Crippen molar-refractivity contribution in [2.75, 3.05) is 20.6 Å². The molecule has 0 saturated carbocycles. The van der Waals surface area contributed by atoms with Gasteiger partial charge in [-0.2, -0.15) is 0 Å². The highest BCUT2D eigenvalue weighted by Gasteiger charge is 2.18. The molecule has 5 nitrogen and oxygen atoms in total. The molecule has 1 aromatic carbocycles. The van der Waals surface area contributed by atoms with Gasteiger partial charge in [0.25, 0.3) is 5.69 Å².